The van der Waals surface area contributed by atoms with Crippen molar-refractivity contribution < 1.29 is 0 Å². The van der Waals surface area contributed by atoms with Gasteiger partial charge in [0.1, 0.15) is 0 Å². The van der Waals surface area contributed by atoms with E-state index in [4.69, 9.17) is 6.57 Å². The minimum Gasteiger partial charge on any atom is -0.238 e. The van der Waals surface area contributed by atoms with Crippen LogP contribution >= 0.6 is 11.3 Å². The van der Waals surface area contributed by atoms with Crippen molar-refractivity contribution in [1.82, 2.24) is 0 Å². The molecule has 0 spiro atoms. The normalized spacial score (nSPS) is 11.6. The van der Waals surface area contributed by atoms with E-state index in [1.54, 1.807) is 11.3 Å². The van der Waals surface area contributed by atoms with Crippen LogP contribution in [0.5, 0.6) is 0 Å². The van der Waals surface area contributed by atoms with E-state index in [2.05, 4.69) is 120 Å². The van der Waals surface area contributed by atoms with Gasteiger partial charge < -0.3 is 0 Å². The summed E-state index contributed by atoms with van der Waals surface area (Å²) in [6.07, 6.45) is 0. The first-order valence-corrected chi connectivity index (χ1v) is 13.9. The van der Waals surface area contributed by atoms with Crippen LogP contribution in [0.4, 0.5) is 5.69 Å². The molecule has 1 aromatic heterocycles. The maximum absolute atomic E-state index is 7.41. The van der Waals surface area contributed by atoms with Gasteiger partial charge in [0.15, 0.2) is 5.69 Å². The van der Waals surface area contributed by atoms with Crippen LogP contribution < -0.4 is 0 Å². The molecule has 1 heterocycles. The zero-order valence-electron chi connectivity index (χ0n) is 21.0. The van der Waals surface area contributed by atoms with E-state index in [0.717, 1.165) is 5.39 Å². The summed E-state index contributed by atoms with van der Waals surface area (Å²) in [6.45, 7) is 7.41. The van der Waals surface area contributed by atoms with Crippen LogP contribution in [-0.2, 0) is 0 Å². The van der Waals surface area contributed by atoms with E-state index in [-0.39, 0.29) is 0 Å². The number of thiophene rings is 1. The van der Waals surface area contributed by atoms with Gasteiger partial charge in [-0.3, -0.25) is 0 Å². The first-order chi connectivity index (χ1) is 19.3. The van der Waals surface area contributed by atoms with E-state index in [1.807, 2.05) is 12.1 Å². The topological polar surface area (TPSA) is 4.36 Å². The van der Waals surface area contributed by atoms with Crippen LogP contribution in [0.15, 0.2) is 127 Å². The summed E-state index contributed by atoms with van der Waals surface area (Å²) in [4.78, 5) is 3.64. The van der Waals surface area contributed by atoms with Crippen molar-refractivity contribution in [3.05, 3.63) is 139 Å². The van der Waals surface area contributed by atoms with Crippen LogP contribution in [0, 0.1) is 6.57 Å². The molecular weight excluding hydrogens is 490 g/mol. The van der Waals surface area contributed by atoms with Gasteiger partial charge in [-0.2, -0.15) is 0 Å². The van der Waals surface area contributed by atoms with Gasteiger partial charge in [0.25, 0.3) is 0 Å². The standard InChI is InChI=1S/C37H21NS/c1-38-27-16-19-37-35(21-27)34-20-26(15-18-36(34)39-37)23-10-12-25(13-11-23)32-22-33-28-7-3-2-6-24(28)14-17-31(33)29-8-4-5-9-30(29)32/h2-22H. The summed E-state index contributed by atoms with van der Waals surface area (Å²) < 4.78 is 2.47. The SMILES string of the molecule is [C-]#[N+]c1ccc2sc3ccc(-c4ccc(-c5cc6c7ccccc7ccc6c6ccccc56)cc4)cc3c2c1. The Hall–Kier alpha value is -4.97. The summed E-state index contributed by atoms with van der Waals surface area (Å²) in [7, 11) is 0. The fourth-order valence-electron chi connectivity index (χ4n) is 5.96. The molecule has 2 heteroatoms. The number of hydrogen-bond donors (Lipinski definition) is 0. The van der Waals surface area contributed by atoms with Crippen LogP contribution in [0.25, 0.3) is 79.6 Å². The highest BCUT2D eigenvalue weighted by Crippen LogP contribution is 2.40. The second kappa shape index (κ2) is 8.53. The summed E-state index contributed by atoms with van der Waals surface area (Å²) in [6, 6.07) is 45.9. The van der Waals surface area contributed by atoms with Crippen molar-refractivity contribution in [3.63, 3.8) is 0 Å². The van der Waals surface area contributed by atoms with E-state index >= 15 is 0 Å². The van der Waals surface area contributed by atoms with Crippen LogP contribution in [-0.4, -0.2) is 0 Å². The third kappa shape index (κ3) is 3.45. The van der Waals surface area contributed by atoms with E-state index < -0.39 is 0 Å². The Kier molecular flexibility index (Phi) is 4.82. The molecule has 0 saturated carbocycles. The second-order valence-corrected chi connectivity index (χ2v) is 11.1. The lowest BCUT2D eigenvalue weighted by Crippen LogP contribution is -1.86. The van der Waals surface area contributed by atoms with E-state index in [1.165, 1.54) is 69.4 Å². The zero-order valence-corrected chi connectivity index (χ0v) is 21.8. The van der Waals surface area contributed by atoms with Gasteiger partial charge in [-0.15, -0.1) is 11.3 Å². The molecular formula is C37H21NS. The second-order valence-electron chi connectivity index (χ2n) is 10.0. The van der Waals surface area contributed by atoms with Crippen LogP contribution in [0.2, 0.25) is 0 Å². The Bertz CT molecular complexity index is 2280. The maximum atomic E-state index is 7.41. The fourth-order valence-corrected chi connectivity index (χ4v) is 7.02. The van der Waals surface area contributed by atoms with Crippen molar-refractivity contribution in [3.8, 4) is 22.3 Å². The Morgan fingerprint density at radius 3 is 1.90 bits per heavy atom. The Morgan fingerprint density at radius 1 is 0.436 bits per heavy atom. The highest BCUT2D eigenvalue weighted by Gasteiger charge is 2.12. The molecule has 0 atom stereocenters. The van der Waals surface area contributed by atoms with Crippen molar-refractivity contribution in [2.45, 2.75) is 0 Å². The fraction of sp³-hybridized carbons (Fsp3) is 0. The molecule has 1 nitrogen and oxygen atoms in total. The summed E-state index contributed by atoms with van der Waals surface area (Å²) in [5, 5.41) is 10.1. The van der Waals surface area contributed by atoms with Crippen LogP contribution in [0.1, 0.15) is 0 Å². The molecule has 0 aliphatic heterocycles. The molecule has 0 aliphatic rings. The van der Waals surface area contributed by atoms with Gasteiger partial charge >= 0.3 is 0 Å². The van der Waals surface area contributed by atoms with Crippen LogP contribution in [0.3, 0.4) is 0 Å². The monoisotopic (exact) mass is 511 g/mol. The van der Waals surface area contributed by atoms with Gasteiger partial charge in [0.05, 0.1) is 6.57 Å². The highest BCUT2D eigenvalue weighted by molar-refractivity contribution is 7.25. The predicted octanol–water partition coefficient (Wildman–Crippen LogP) is 11.4. The van der Waals surface area contributed by atoms with E-state index in [0.29, 0.717) is 5.69 Å². The minimum atomic E-state index is 0.687. The number of hydrogen-bond acceptors (Lipinski definition) is 1. The summed E-state index contributed by atoms with van der Waals surface area (Å²) in [5.41, 5.74) is 5.54. The molecule has 8 aromatic rings. The lowest BCUT2D eigenvalue weighted by molar-refractivity contribution is 1.63. The largest absolute Gasteiger partial charge is 0.238 e. The van der Waals surface area contributed by atoms with Crippen molar-refractivity contribution in [1.29, 1.82) is 0 Å². The number of benzene rings is 7. The smallest absolute Gasteiger partial charge is 0.187 e. The molecule has 0 fully saturated rings. The molecule has 0 bridgehead atoms. The first-order valence-electron chi connectivity index (χ1n) is 13.0. The zero-order chi connectivity index (χ0) is 25.9. The Labute approximate surface area is 230 Å². The average molecular weight is 512 g/mol. The van der Waals surface area contributed by atoms with Gasteiger partial charge in [-0.1, -0.05) is 103 Å². The van der Waals surface area contributed by atoms with E-state index in [9.17, 15) is 0 Å². The molecule has 180 valence electrons. The number of rotatable bonds is 2. The molecule has 0 amide bonds. The predicted molar refractivity (Wildman–Crippen MR) is 169 cm³/mol. The number of fused-ring (bicyclic) bond motifs is 8. The maximum Gasteiger partial charge on any atom is 0.187 e. The van der Waals surface area contributed by atoms with Gasteiger partial charge in [-0.05, 0) is 89.6 Å². The van der Waals surface area contributed by atoms with Gasteiger partial charge in [-0.25, -0.2) is 4.85 Å². The van der Waals surface area contributed by atoms with Crippen molar-refractivity contribution >= 4 is 69.5 Å². The van der Waals surface area contributed by atoms with Crippen molar-refractivity contribution in [2.24, 2.45) is 0 Å². The number of nitrogens with zero attached hydrogens (tertiary/aromatic N) is 1. The van der Waals surface area contributed by atoms with Crippen molar-refractivity contribution in [2.75, 3.05) is 0 Å². The summed E-state index contributed by atoms with van der Waals surface area (Å²) >= 11 is 1.78. The molecule has 0 saturated heterocycles. The Balaban J connectivity index is 1.28. The molecule has 8 rings (SSSR count). The third-order valence-electron chi connectivity index (χ3n) is 7.88. The molecule has 7 aromatic carbocycles. The third-order valence-corrected chi connectivity index (χ3v) is 9.03. The molecule has 0 aliphatic carbocycles. The average Bonchev–Trinajstić information content (AvgIpc) is 3.37. The lowest BCUT2D eigenvalue weighted by atomic mass is 9.90. The first kappa shape index (κ1) is 22.1. The lowest BCUT2D eigenvalue weighted by Gasteiger charge is -2.13. The molecule has 0 N–H and O–H groups in total. The molecule has 39 heavy (non-hydrogen) atoms. The Morgan fingerprint density at radius 2 is 1.08 bits per heavy atom. The highest BCUT2D eigenvalue weighted by atomic mass is 32.1. The molecule has 0 unspecified atom stereocenters. The van der Waals surface area contributed by atoms with Gasteiger partial charge in [0.2, 0.25) is 0 Å². The molecule has 0 radical (unpaired) electrons. The summed E-state index contributed by atoms with van der Waals surface area (Å²) in [5.74, 6) is 0. The quantitative estimate of drug-likeness (QED) is 0.161. The minimum absolute atomic E-state index is 0.687. The van der Waals surface area contributed by atoms with Gasteiger partial charge in [0, 0.05) is 9.40 Å².